The summed E-state index contributed by atoms with van der Waals surface area (Å²) in [6.45, 7) is 7.45. The van der Waals surface area contributed by atoms with Crippen molar-refractivity contribution in [1.82, 2.24) is 4.90 Å². The van der Waals surface area contributed by atoms with Gasteiger partial charge in [0.25, 0.3) is 0 Å². The Bertz CT molecular complexity index is 184. The van der Waals surface area contributed by atoms with E-state index in [0.29, 0.717) is 5.41 Å². The highest BCUT2D eigenvalue weighted by atomic mass is 16.3. The molecular formula is C10H19NO. The number of rotatable bonds is 2. The average Bonchev–Trinajstić information content (AvgIpc) is 2.53. The van der Waals surface area contributed by atoms with Crippen LogP contribution < -0.4 is 0 Å². The molecule has 0 aromatic rings. The molecule has 0 amide bonds. The molecule has 1 aliphatic heterocycles. The third kappa shape index (κ3) is 1.80. The zero-order valence-electron chi connectivity index (χ0n) is 8.14. The summed E-state index contributed by atoms with van der Waals surface area (Å²) in [7, 11) is 0. The van der Waals surface area contributed by atoms with Crippen molar-refractivity contribution in [3.63, 3.8) is 0 Å². The predicted octanol–water partition coefficient (Wildman–Crippen LogP) is 1.24. The molecular weight excluding hydrogens is 150 g/mol. The Morgan fingerprint density at radius 1 is 1.25 bits per heavy atom. The number of aliphatic hydroxyl groups is 1. The third-order valence-electron chi connectivity index (χ3n) is 3.24. The summed E-state index contributed by atoms with van der Waals surface area (Å²) < 4.78 is 0. The molecule has 1 heterocycles. The van der Waals surface area contributed by atoms with Crippen LogP contribution in [-0.4, -0.2) is 35.2 Å². The number of β-amino-alcohol motifs (C(OH)–C–C–N with tert-alkyl or cyclic N) is 1. The highest BCUT2D eigenvalue weighted by Crippen LogP contribution is 2.46. The van der Waals surface area contributed by atoms with E-state index in [9.17, 15) is 5.11 Å². The molecule has 0 radical (unpaired) electrons. The molecule has 1 N–H and O–H groups in total. The highest BCUT2D eigenvalue weighted by Gasteiger charge is 2.41. The molecule has 1 atom stereocenters. The van der Waals surface area contributed by atoms with Crippen molar-refractivity contribution in [1.29, 1.82) is 0 Å². The molecule has 12 heavy (non-hydrogen) atoms. The summed E-state index contributed by atoms with van der Waals surface area (Å²) in [6.07, 6.45) is 3.71. The summed E-state index contributed by atoms with van der Waals surface area (Å²) in [4.78, 5) is 2.41. The van der Waals surface area contributed by atoms with Gasteiger partial charge in [-0.25, -0.2) is 0 Å². The number of hydrogen-bond donors (Lipinski definition) is 1. The van der Waals surface area contributed by atoms with Gasteiger partial charge in [0.05, 0.1) is 5.60 Å². The van der Waals surface area contributed by atoms with Crippen molar-refractivity contribution in [2.24, 2.45) is 5.41 Å². The Labute approximate surface area is 74.6 Å². The van der Waals surface area contributed by atoms with Gasteiger partial charge < -0.3 is 5.11 Å². The molecule has 1 saturated heterocycles. The Balaban J connectivity index is 1.84. The average molecular weight is 169 g/mol. The van der Waals surface area contributed by atoms with Gasteiger partial charge in [-0.05, 0) is 31.6 Å². The van der Waals surface area contributed by atoms with Crippen LogP contribution in [0.1, 0.15) is 33.1 Å². The fraction of sp³-hybridized carbons (Fsp3) is 1.00. The van der Waals surface area contributed by atoms with Crippen LogP contribution in [0.4, 0.5) is 0 Å². The molecule has 0 aromatic heterocycles. The van der Waals surface area contributed by atoms with Crippen LogP contribution in [0.3, 0.4) is 0 Å². The number of nitrogens with zero attached hydrogens (tertiary/aromatic N) is 1. The lowest BCUT2D eigenvalue weighted by atomic mass is 10.1. The van der Waals surface area contributed by atoms with Crippen molar-refractivity contribution in [3.05, 3.63) is 0 Å². The minimum Gasteiger partial charge on any atom is -0.389 e. The summed E-state index contributed by atoms with van der Waals surface area (Å²) in [5.41, 5.74) is 0.186. The normalized spacial score (nSPS) is 40.2. The second kappa shape index (κ2) is 2.46. The van der Waals surface area contributed by atoms with Gasteiger partial charge in [0.2, 0.25) is 0 Å². The van der Waals surface area contributed by atoms with E-state index in [4.69, 9.17) is 0 Å². The van der Waals surface area contributed by atoms with E-state index in [0.717, 1.165) is 19.5 Å². The second-order valence-electron chi connectivity index (χ2n) is 5.27. The van der Waals surface area contributed by atoms with Crippen LogP contribution in [0.2, 0.25) is 0 Å². The van der Waals surface area contributed by atoms with Crippen LogP contribution in [0.5, 0.6) is 0 Å². The van der Waals surface area contributed by atoms with Gasteiger partial charge >= 0.3 is 0 Å². The van der Waals surface area contributed by atoms with E-state index in [2.05, 4.69) is 11.8 Å². The van der Waals surface area contributed by atoms with Crippen LogP contribution in [0, 0.1) is 5.41 Å². The molecule has 2 rings (SSSR count). The van der Waals surface area contributed by atoms with E-state index in [1.807, 2.05) is 6.92 Å². The maximum Gasteiger partial charge on any atom is 0.0758 e. The fourth-order valence-corrected chi connectivity index (χ4v) is 2.09. The quantitative estimate of drug-likeness (QED) is 0.672. The highest BCUT2D eigenvalue weighted by molar-refractivity contribution is 4.95. The first-order chi connectivity index (χ1) is 5.49. The maximum atomic E-state index is 9.74. The molecule has 1 unspecified atom stereocenters. The lowest BCUT2D eigenvalue weighted by molar-refractivity contribution is 0.0664. The van der Waals surface area contributed by atoms with Crippen LogP contribution in [-0.2, 0) is 0 Å². The zero-order chi connectivity index (χ0) is 8.82. The van der Waals surface area contributed by atoms with E-state index in [1.54, 1.807) is 0 Å². The lowest BCUT2D eigenvalue weighted by Gasteiger charge is -2.21. The van der Waals surface area contributed by atoms with E-state index in [-0.39, 0.29) is 0 Å². The van der Waals surface area contributed by atoms with Crippen LogP contribution in [0.25, 0.3) is 0 Å². The summed E-state index contributed by atoms with van der Waals surface area (Å²) in [5, 5.41) is 9.74. The Hall–Kier alpha value is -0.0800. The first-order valence-corrected chi connectivity index (χ1v) is 4.94. The topological polar surface area (TPSA) is 23.5 Å². The van der Waals surface area contributed by atoms with Crippen molar-refractivity contribution in [3.8, 4) is 0 Å². The largest absolute Gasteiger partial charge is 0.389 e. The molecule has 0 spiro atoms. The molecule has 2 nitrogen and oxygen atoms in total. The van der Waals surface area contributed by atoms with Gasteiger partial charge in [0.15, 0.2) is 0 Å². The second-order valence-corrected chi connectivity index (χ2v) is 5.27. The van der Waals surface area contributed by atoms with Crippen molar-refractivity contribution < 1.29 is 5.11 Å². The van der Waals surface area contributed by atoms with Crippen molar-refractivity contribution >= 4 is 0 Å². The monoisotopic (exact) mass is 169 g/mol. The molecule has 0 bridgehead atoms. The number of hydrogen-bond acceptors (Lipinski definition) is 2. The van der Waals surface area contributed by atoms with Gasteiger partial charge in [-0.15, -0.1) is 0 Å². The fourth-order valence-electron chi connectivity index (χ4n) is 2.09. The minimum absolute atomic E-state index is 0.411. The summed E-state index contributed by atoms with van der Waals surface area (Å²) in [5.74, 6) is 0. The Morgan fingerprint density at radius 3 is 2.33 bits per heavy atom. The van der Waals surface area contributed by atoms with E-state index < -0.39 is 5.60 Å². The first-order valence-electron chi connectivity index (χ1n) is 4.94. The third-order valence-corrected chi connectivity index (χ3v) is 3.24. The standard InChI is InChI=1S/C10H19NO/c1-9(3-4-9)7-11-6-5-10(2,12)8-11/h12H,3-8H2,1-2H3. The molecule has 1 saturated carbocycles. The van der Waals surface area contributed by atoms with Gasteiger partial charge in [-0.3, -0.25) is 4.90 Å². The smallest absolute Gasteiger partial charge is 0.0758 e. The molecule has 0 aromatic carbocycles. The Morgan fingerprint density at radius 2 is 1.92 bits per heavy atom. The molecule has 1 aliphatic carbocycles. The SMILES string of the molecule is CC1(O)CCN(CC2(C)CC2)C1. The zero-order valence-corrected chi connectivity index (χ0v) is 8.14. The Kier molecular flexibility index (Phi) is 1.74. The van der Waals surface area contributed by atoms with Crippen LogP contribution >= 0.6 is 0 Å². The molecule has 2 heteroatoms. The lowest BCUT2D eigenvalue weighted by Crippen LogP contribution is -2.32. The van der Waals surface area contributed by atoms with Crippen molar-refractivity contribution in [2.75, 3.05) is 19.6 Å². The van der Waals surface area contributed by atoms with Gasteiger partial charge in [0.1, 0.15) is 0 Å². The van der Waals surface area contributed by atoms with Gasteiger partial charge in [0, 0.05) is 19.6 Å². The summed E-state index contributed by atoms with van der Waals surface area (Å²) >= 11 is 0. The van der Waals surface area contributed by atoms with Gasteiger partial charge in [-0.1, -0.05) is 6.92 Å². The molecule has 2 aliphatic rings. The van der Waals surface area contributed by atoms with Crippen LogP contribution in [0.15, 0.2) is 0 Å². The first kappa shape index (κ1) is 8.52. The van der Waals surface area contributed by atoms with Gasteiger partial charge in [-0.2, -0.15) is 0 Å². The minimum atomic E-state index is -0.411. The molecule has 70 valence electrons. The molecule has 2 fully saturated rings. The van der Waals surface area contributed by atoms with E-state index in [1.165, 1.54) is 19.4 Å². The van der Waals surface area contributed by atoms with E-state index >= 15 is 0 Å². The summed E-state index contributed by atoms with van der Waals surface area (Å²) in [6, 6.07) is 0. The van der Waals surface area contributed by atoms with Crippen molar-refractivity contribution in [2.45, 2.75) is 38.7 Å². The number of likely N-dealkylation sites (tertiary alicyclic amines) is 1. The maximum absolute atomic E-state index is 9.74. The predicted molar refractivity (Wildman–Crippen MR) is 49.0 cm³/mol.